The molecule has 0 aliphatic rings. The van der Waals surface area contributed by atoms with Crippen LogP contribution >= 0.6 is 0 Å². The van der Waals surface area contributed by atoms with E-state index in [4.69, 9.17) is 0 Å². The maximum Gasteiger partial charge on any atom is 0.337 e. The summed E-state index contributed by atoms with van der Waals surface area (Å²) in [7, 11) is 3.09. The van der Waals surface area contributed by atoms with E-state index in [-0.39, 0.29) is 18.3 Å². The summed E-state index contributed by atoms with van der Waals surface area (Å²) in [6, 6.07) is 13.3. The molecule has 1 amide bonds. The third kappa shape index (κ3) is 5.69. The van der Waals surface area contributed by atoms with Crippen LogP contribution in [-0.2, 0) is 22.6 Å². The van der Waals surface area contributed by atoms with E-state index in [1.807, 2.05) is 0 Å². The molecule has 25 heavy (non-hydrogen) atoms. The fraction of sp³-hybridized carbons (Fsp3) is 0.263. The van der Waals surface area contributed by atoms with Gasteiger partial charge in [-0.2, -0.15) is 0 Å². The summed E-state index contributed by atoms with van der Waals surface area (Å²) >= 11 is 0. The minimum Gasteiger partial charge on any atom is -0.465 e. The number of ether oxygens (including phenoxy) is 1. The molecule has 0 aromatic heterocycles. The fourth-order valence-electron chi connectivity index (χ4n) is 2.35. The van der Waals surface area contributed by atoms with Gasteiger partial charge in [0.25, 0.3) is 0 Å². The van der Waals surface area contributed by atoms with Crippen LogP contribution < -0.4 is 5.32 Å². The highest BCUT2D eigenvalue weighted by Crippen LogP contribution is 2.09. The van der Waals surface area contributed by atoms with Gasteiger partial charge in [-0.1, -0.05) is 30.3 Å². The average Bonchev–Trinajstić information content (AvgIpc) is 2.61. The van der Waals surface area contributed by atoms with Crippen molar-refractivity contribution in [3.63, 3.8) is 0 Å². The number of amides is 1. The third-order valence-corrected chi connectivity index (χ3v) is 3.68. The maximum absolute atomic E-state index is 13.6. The molecular formula is C19H21FN2O3. The zero-order chi connectivity index (χ0) is 18.2. The van der Waals surface area contributed by atoms with Crippen LogP contribution in [0.1, 0.15) is 21.5 Å². The van der Waals surface area contributed by atoms with Crippen LogP contribution in [0.3, 0.4) is 0 Å². The normalized spacial score (nSPS) is 10.6. The van der Waals surface area contributed by atoms with E-state index >= 15 is 0 Å². The van der Waals surface area contributed by atoms with Gasteiger partial charge >= 0.3 is 5.97 Å². The van der Waals surface area contributed by atoms with Crippen molar-refractivity contribution in [3.05, 3.63) is 71.0 Å². The lowest BCUT2D eigenvalue weighted by atomic mass is 10.1. The van der Waals surface area contributed by atoms with Crippen LogP contribution in [0.4, 0.5) is 4.39 Å². The first kappa shape index (κ1) is 18.6. The molecule has 2 aromatic carbocycles. The molecule has 2 rings (SSSR count). The van der Waals surface area contributed by atoms with Gasteiger partial charge in [0, 0.05) is 18.7 Å². The molecule has 0 saturated carbocycles. The minimum absolute atomic E-state index is 0.157. The first-order chi connectivity index (χ1) is 12.0. The molecule has 0 atom stereocenters. The van der Waals surface area contributed by atoms with E-state index in [0.717, 1.165) is 5.56 Å². The number of hydrogen-bond donors (Lipinski definition) is 1. The number of halogens is 1. The molecule has 0 radical (unpaired) electrons. The number of likely N-dealkylation sites (N-methyl/N-ethyl adjacent to an activating group) is 1. The van der Waals surface area contributed by atoms with E-state index in [1.54, 1.807) is 54.4 Å². The predicted octanol–water partition coefficient (Wildman–Crippen LogP) is 2.36. The lowest BCUT2D eigenvalue weighted by Gasteiger charge is -2.16. The number of nitrogens with zero attached hydrogens (tertiary/aromatic N) is 1. The van der Waals surface area contributed by atoms with Gasteiger partial charge in [0.1, 0.15) is 5.82 Å². The smallest absolute Gasteiger partial charge is 0.337 e. The van der Waals surface area contributed by atoms with E-state index in [1.165, 1.54) is 13.2 Å². The van der Waals surface area contributed by atoms with Gasteiger partial charge in [0.05, 0.1) is 19.2 Å². The van der Waals surface area contributed by atoms with Crippen molar-refractivity contribution in [2.24, 2.45) is 0 Å². The molecule has 132 valence electrons. The molecule has 0 unspecified atom stereocenters. The topological polar surface area (TPSA) is 58.6 Å². The number of carbonyl (C=O) groups is 2. The average molecular weight is 344 g/mol. The number of rotatable bonds is 7. The monoisotopic (exact) mass is 344 g/mol. The van der Waals surface area contributed by atoms with Gasteiger partial charge in [0.15, 0.2) is 0 Å². The zero-order valence-electron chi connectivity index (χ0n) is 14.3. The first-order valence-electron chi connectivity index (χ1n) is 7.85. The summed E-state index contributed by atoms with van der Waals surface area (Å²) in [5.74, 6) is -0.832. The molecule has 6 heteroatoms. The van der Waals surface area contributed by atoms with Crippen LogP contribution in [0.15, 0.2) is 48.5 Å². The predicted molar refractivity (Wildman–Crippen MR) is 92.4 cm³/mol. The third-order valence-electron chi connectivity index (χ3n) is 3.68. The van der Waals surface area contributed by atoms with E-state index in [9.17, 15) is 14.0 Å². The van der Waals surface area contributed by atoms with Gasteiger partial charge in [-0.25, -0.2) is 9.18 Å². The molecule has 5 nitrogen and oxygen atoms in total. The van der Waals surface area contributed by atoms with Crippen molar-refractivity contribution in [2.75, 3.05) is 20.7 Å². The molecule has 0 fully saturated rings. The Balaban J connectivity index is 1.80. The number of carbonyl (C=O) groups excluding carboxylic acids is 2. The molecule has 1 N–H and O–H groups in total. The Hall–Kier alpha value is -2.73. The maximum atomic E-state index is 13.6. The zero-order valence-corrected chi connectivity index (χ0v) is 14.3. The number of nitrogens with one attached hydrogen (secondary N) is 1. The van der Waals surface area contributed by atoms with Crippen molar-refractivity contribution in [2.45, 2.75) is 13.1 Å². The van der Waals surface area contributed by atoms with Gasteiger partial charge in [-0.3, -0.25) is 9.69 Å². The standard InChI is InChI=1S/C19H21FN2O3/c1-22(12-16-5-3-4-6-17(16)20)13-18(23)21-11-14-7-9-15(10-8-14)19(24)25-2/h3-10H,11-13H2,1-2H3,(H,21,23). The van der Waals surface area contributed by atoms with Crippen LogP contribution in [0.25, 0.3) is 0 Å². The molecule has 0 aliphatic heterocycles. The first-order valence-corrected chi connectivity index (χ1v) is 7.85. The highest BCUT2D eigenvalue weighted by atomic mass is 19.1. The van der Waals surface area contributed by atoms with E-state index < -0.39 is 5.97 Å². The summed E-state index contributed by atoms with van der Waals surface area (Å²) in [5.41, 5.74) is 1.89. The number of methoxy groups -OCH3 is 1. The van der Waals surface area contributed by atoms with Gasteiger partial charge < -0.3 is 10.1 Å². The Morgan fingerprint density at radius 1 is 1.12 bits per heavy atom. The highest BCUT2D eigenvalue weighted by Gasteiger charge is 2.10. The minimum atomic E-state index is -0.398. The highest BCUT2D eigenvalue weighted by molar-refractivity contribution is 5.89. The molecule has 0 heterocycles. The molecule has 2 aromatic rings. The van der Waals surface area contributed by atoms with Crippen LogP contribution in [0.5, 0.6) is 0 Å². The second-order valence-electron chi connectivity index (χ2n) is 5.73. The lowest BCUT2D eigenvalue weighted by Crippen LogP contribution is -2.34. The van der Waals surface area contributed by atoms with Crippen molar-refractivity contribution in [3.8, 4) is 0 Å². The quantitative estimate of drug-likeness (QED) is 0.784. The summed E-state index contributed by atoms with van der Waals surface area (Å²) in [6.07, 6.45) is 0. The Bertz CT molecular complexity index is 732. The Kier molecular flexibility index (Phi) is 6.65. The Morgan fingerprint density at radius 3 is 2.44 bits per heavy atom. The Morgan fingerprint density at radius 2 is 1.80 bits per heavy atom. The summed E-state index contributed by atoms with van der Waals surface area (Å²) in [4.78, 5) is 25.1. The van der Waals surface area contributed by atoms with Crippen molar-refractivity contribution >= 4 is 11.9 Å². The van der Waals surface area contributed by atoms with Crippen molar-refractivity contribution in [1.29, 1.82) is 0 Å². The fourth-order valence-corrected chi connectivity index (χ4v) is 2.35. The SMILES string of the molecule is COC(=O)c1ccc(CNC(=O)CN(C)Cc2ccccc2F)cc1. The molecular weight excluding hydrogens is 323 g/mol. The number of esters is 1. The van der Waals surface area contributed by atoms with Gasteiger partial charge in [0.2, 0.25) is 5.91 Å². The number of hydrogen-bond acceptors (Lipinski definition) is 4. The van der Waals surface area contributed by atoms with E-state index in [2.05, 4.69) is 10.1 Å². The van der Waals surface area contributed by atoms with Crippen molar-refractivity contribution in [1.82, 2.24) is 10.2 Å². The van der Waals surface area contributed by atoms with E-state index in [0.29, 0.717) is 24.2 Å². The number of benzene rings is 2. The lowest BCUT2D eigenvalue weighted by molar-refractivity contribution is -0.122. The van der Waals surface area contributed by atoms with Crippen molar-refractivity contribution < 1.29 is 18.7 Å². The molecule has 0 saturated heterocycles. The van der Waals surface area contributed by atoms with Crippen LogP contribution in [0, 0.1) is 5.82 Å². The molecule has 0 spiro atoms. The molecule has 0 bridgehead atoms. The second-order valence-corrected chi connectivity index (χ2v) is 5.73. The van der Waals surface area contributed by atoms with Gasteiger partial charge in [-0.05, 0) is 30.8 Å². The van der Waals surface area contributed by atoms with Gasteiger partial charge in [-0.15, -0.1) is 0 Å². The summed E-state index contributed by atoms with van der Waals surface area (Å²) < 4.78 is 18.2. The largest absolute Gasteiger partial charge is 0.465 e. The Labute approximate surface area is 146 Å². The summed E-state index contributed by atoms with van der Waals surface area (Å²) in [5, 5.41) is 2.80. The molecule has 0 aliphatic carbocycles. The van der Waals surface area contributed by atoms with Crippen LogP contribution in [-0.4, -0.2) is 37.5 Å². The van der Waals surface area contributed by atoms with Crippen LogP contribution in [0.2, 0.25) is 0 Å². The second kappa shape index (κ2) is 8.94. The summed E-state index contributed by atoms with van der Waals surface area (Å²) in [6.45, 7) is 0.871.